The maximum absolute atomic E-state index is 10.9. The first kappa shape index (κ1) is 12.5. The molecule has 0 amide bonds. The van der Waals surface area contributed by atoms with E-state index in [0.717, 1.165) is 31.5 Å². The van der Waals surface area contributed by atoms with Gasteiger partial charge in [0.15, 0.2) is 0 Å². The predicted molar refractivity (Wildman–Crippen MR) is 63.9 cm³/mol. The van der Waals surface area contributed by atoms with Gasteiger partial charge >= 0.3 is 5.97 Å². The lowest BCUT2D eigenvalue weighted by Gasteiger charge is -2.08. The van der Waals surface area contributed by atoms with Crippen LogP contribution in [0.3, 0.4) is 0 Å². The van der Waals surface area contributed by atoms with Crippen LogP contribution in [0.2, 0.25) is 0 Å². The number of nitrogens with one attached hydrogen (secondary N) is 1. The third-order valence-corrected chi connectivity index (χ3v) is 2.34. The molecule has 0 radical (unpaired) electrons. The molecule has 0 aliphatic heterocycles. The molecule has 1 rings (SSSR count). The van der Waals surface area contributed by atoms with Crippen molar-refractivity contribution in [2.24, 2.45) is 0 Å². The minimum atomic E-state index is -0.939. The fourth-order valence-corrected chi connectivity index (χ4v) is 1.45. The molecule has 1 aromatic rings. The van der Waals surface area contributed by atoms with Gasteiger partial charge in [-0.25, -0.2) is 9.78 Å². The highest BCUT2D eigenvalue weighted by Crippen LogP contribution is 2.13. The lowest BCUT2D eigenvalue weighted by molar-refractivity contribution is 0.0697. The molecule has 0 aliphatic rings. The van der Waals surface area contributed by atoms with Crippen molar-refractivity contribution in [3.8, 4) is 0 Å². The molecule has 0 saturated heterocycles. The molecule has 0 aromatic carbocycles. The highest BCUT2D eigenvalue weighted by atomic mass is 16.4. The average Bonchev–Trinajstić information content (AvgIpc) is 2.24. The smallest absolute Gasteiger partial charge is 0.339 e. The quantitative estimate of drug-likeness (QED) is 0.726. The first-order valence-electron chi connectivity index (χ1n) is 5.60. The second-order valence-electron chi connectivity index (χ2n) is 3.79. The maximum atomic E-state index is 10.9. The summed E-state index contributed by atoms with van der Waals surface area (Å²) in [4.78, 5) is 15.1. The molecule has 0 unspecified atom stereocenters. The van der Waals surface area contributed by atoms with Crippen molar-refractivity contribution in [1.82, 2.24) is 4.98 Å². The average molecular weight is 222 g/mol. The molecule has 16 heavy (non-hydrogen) atoms. The summed E-state index contributed by atoms with van der Waals surface area (Å²) in [5.74, 6) is -0.464. The Morgan fingerprint density at radius 3 is 2.81 bits per heavy atom. The number of unbranched alkanes of at least 4 members (excludes halogenated alkanes) is 2. The Labute approximate surface area is 95.7 Å². The molecular weight excluding hydrogens is 204 g/mol. The molecule has 0 saturated carbocycles. The fraction of sp³-hybridized carbons (Fsp3) is 0.500. The summed E-state index contributed by atoms with van der Waals surface area (Å²) in [6.07, 6.45) is 3.32. The normalized spacial score (nSPS) is 10.1. The Kier molecular flexibility index (Phi) is 4.76. The van der Waals surface area contributed by atoms with Gasteiger partial charge in [0.05, 0.1) is 0 Å². The molecule has 0 fully saturated rings. The van der Waals surface area contributed by atoms with Crippen LogP contribution in [0, 0.1) is 6.92 Å². The SMILES string of the molecule is CCCCCNc1nc(C)ccc1C(=O)O. The van der Waals surface area contributed by atoms with Gasteiger partial charge < -0.3 is 10.4 Å². The van der Waals surface area contributed by atoms with Crippen LogP contribution < -0.4 is 5.32 Å². The van der Waals surface area contributed by atoms with Gasteiger partial charge in [-0.1, -0.05) is 19.8 Å². The van der Waals surface area contributed by atoms with Gasteiger partial charge in [-0.2, -0.15) is 0 Å². The Bertz CT molecular complexity index is 364. The van der Waals surface area contributed by atoms with E-state index < -0.39 is 5.97 Å². The zero-order valence-electron chi connectivity index (χ0n) is 9.79. The van der Waals surface area contributed by atoms with Crippen LogP contribution in [0.5, 0.6) is 0 Å². The molecule has 1 heterocycles. The summed E-state index contributed by atoms with van der Waals surface area (Å²) in [6.45, 7) is 4.75. The monoisotopic (exact) mass is 222 g/mol. The van der Waals surface area contributed by atoms with Gasteiger partial charge in [0, 0.05) is 12.2 Å². The number of hydrogen-bond acceptors (Lipinski definition) is 3. The van der Waals surface area contributed by atoms with Crippen molar-refractivity contribution in [2.45, 2.75) is 33.1 Å². The second-order valence-corrected chi connectivity index (χ2v) is 3.79. The van der Waals surface area contributed by atoms with E-state index in [1.54, 1.807) is 12.1 Å². The Hall–Kier alpha value is -1.58. The summed E-state index contributed by atoms with van der Waals surface area (Å²) in [5.41, 5.74) is 1.06. The van der Waals surface area contributed by atoms with Gasteiger partial charge in [0.25, 0.3) is 0 Å². The summed E-state index contributed by atoms with van der Waals surface area (Å²) < 4.78 is 0. The number of carboxylic acids is 1. The van der Waals surface area contributed by atoms with Crippen molar-refractivity contribution in [3.63, 3.8) is 0 Å². The van der Waals surface area contributed by atoms with Gasteiger partial charge in [-0.3, -0.25) is 0 Å². The first-order chi connectivity index (χ1) is 7.65. The Morgan fingerprint density at radius 1 is 1.44 bits per heavy atom. The first-order valence-corrected chi connectivity index (χ1v) is 5.60. The van der Waals surface area contributed by atoms with Crippen LogP contribution in [-0.4, -0.2) is 22.6 Å². The number of carbonyl (C=O) groups is 1. The highest BCUT2D eigenvalue weighted by molar-refractivity contribution is 5.93. The van der Waals surface area contributed by atoms with Gasteiger partial charge in [0.1, 0.15) is 11.4 Å². The second kappa shape index (κ2) is 6.10. The molecule has 0 spiro atoms. The van der Waals surface area contributed by atoms with Crippen LogP contribution in [0.4, 0.5) is 5.82 Å². The molecule has 4 nitrogen and oxygen atoms in total. The number of carboxylic acid groups (broad SMARTS) is 1. The van der Waals surface area contributed by atoms with Crippen LogP contribution in [0.15, 0.2) is 12.1 Å². The van der Waals surface area contributed by atoms with Gasteiger partial charge in [-0.15, -0.1) is 0 Å². The van der Waals surface area contributed by atoms with E-state index in [9.17, 15) is 4.79 Å². The zero-order valence-corrected chi connectivity index (χ0v) is 9.79. The number of rotatable bonds is 6. The minimum Gasteiger partial charge on any atom is -0.478 e. The van der Waals surface area contributed by atoms with Gasteiger partial charge in [-0.05, 0) is 25.5 Å². The van der Waals surface area contributed by atoms with Crippen molar-refractivity contribution in [2.75, 3.05) is 11.9 Å². The number of nitrogens with zero attached hydrogens (tertiary/aromatic N) is 1. The van der Waals surface area contributed by atoms with E-state index in [1.165, 1.54) is 0 Å². The number of pyridine rings is 1. The molecule has 0 aliphatic carbocycles. The van der Waals surface area contributed by atoms with Crippen LogP contribution in [-0.2, 0) is 0 Å². The summed E-state index contributed by atoms with van der Waals surface area (Å²) in [6, 6.07) is 3.30. The lowest BCUT2D eigenvalue weighted by Crippen LogP contribution is -2.10. The third-order valence-electron chi connectivity index (χ3n) is 2.34. The largest absolute Gasteiger partial charge is 0.478 e. The topological polar surface area (TPSA) is 62.2 Å². The lowest BCUT2D eigenvalue weighted by atomic mass is 10.2. The molecule has 88 valence electrons. The van der Waals surface area contributed by atoms with Crippen LogP contribution >= 0.6 is 0 Å². The van der Waals surface area contributed by atoms with E-state index in [2.05, 4.69) is 17.2 Å². The molecule has 0 bridgehead atoms. The Balaban J connectivity index is 2.68. The third kappa shape index (κ3) is 3.53. The van der Waals surface area contributed by atoms with Crippen molar-refractivity contribution >= 4 is 11.8 Å². The maximum Gasteiger partial charge on any atom is 0.339 e. The number of aryl methyl sites for hydroxylation is 1. The van der Waals surface area contributed by atoms with Crippen LogP contribution in [0.25, 0.3) is 0 Å². The van der Waals surface area contributed by atoms with Crippen molar-refractivity contribution in [1.29, 1.82) is 0 Å². The molecule has 1 aromatic heterocycles. The predicted octanol–water partition coefficient (Wildman–Crippen LogP) is 2.69. The molecule has 4 heteroatoms. The molecule has 0 atom stereocenters. The molecule has 2 N–H and O–H groups in total. The van der Waals surface area contributed by atoms with Crippen molar-refractivity contribution in [3.05, 3.63) is 23.4 Å². The van der Waals surface area contributed by atoms with E-state index in [4.69, 9.17) is 5.11 Å². The number of aromatic carboxylic acids is 1. The fourth-order valence-electron chi connectivity index (χ4n) is 1.45. The van der Waals surface area contributed by atoms with E-state index in [-0.39, 0.29) is 5.56 Å². The van der Waals surface area contributed by atoms with E-state index in [0.29, 0.717) is 5.82 Å². The number of hydrogen-bond donors (Lipinski definition) is 2. The summed E-state index contributed by atoms with van der Waals surface area (Å²) in [5, 5.41) is 12.1. The standard InChI is InChI=1S/C12H18N2O2/c1-3-4-5-8-13-11-10(12(15)16)7-6-9(2)14-11/h6-7H,3-5,8H2,1-2H3,(H,13,14)(H,15,16). The zero-order chi connectivity index (χ0) is 12.0. The van der Waals surface area contributed by atoms with Crippen molar-refractivity contribution < 1.29 is 9.90 Å². The van der Waals surface area contributed by atoms with E-state index in [1.807, 2.05) is 6.92 Å². The summed E-state index contributed by atoms with van der Waals surface area (Å²) in [7, 11) is 0. The molecular formula is C12H18N2O2. The van der Waals surface area contributed by atoms with Gasteiger partial charge in [0.2, 0.25) is 0 Å². The van der Waals surface area contributed by atoms with E-state index >= 15 is 0 Å². The summed E-state index contributed by atoms with van der Waals surface area (Å²) >= 11 is 0. The van der Waals surface area contributed by atoms with Crippen LogP contribution in [0.1, 0.15) is 42.2 Å². The number of anilines is 1. The highest BCUT2D eigenvalue weighted by Gasteiger charge is 2.10. The minimum absolute atomic E-state index is 0.238. The number of aromatic nitrogens is 1. The Morgan fingerprint density at radius 2 is 2.19 bits per heavy atom.